The quantitative estimate of drug-likeness (QED) is 0.390. The first kappa shape index (κ1) is 23.5. The van der Waals surface area contributed by atoms with Gasteiger partial charge in [-0.3, -0.25) is 5.32 Å². The van der Waals surface area contributed by atoms with Gasteiger partial charge in [0.05, 0.1) is 7.11 Å². The number of unbranched alkanes of at least 4 members (excludes halogenated alkanes) is 2. The van der Waals surface area contributed by atoms with Gasteiger partial charge >= 0.3 is 6.09 Å². The van der Waals surface area contributed by atoms with Gasteiger partial charge in [-0.1, -0.05) is 91.2 Å². The number of methoxy groups -OCH3 is 1. The van der Waals surface area contributed by atoms with Crippen molar-refractivity contribution in [2.45, 2.75) is 91.9 Å². The summed E-state index contributed by atoms with van der Waals surface area (Å²) in [4.78, 5) is 11.8. The summed E-state index contributed by atoms with van der Waals surface area (Å²) in [6.45, 7) is 9.08. The van der Waals surface area contributed by atoms with Crippen LogP contribution < -0.4 is 5.32 Å². The van der Waals surface area contributed by atoms with Crippen LogP contribution in [-0.4, -0.2) is 13.2 Å². The highest BCUT2D eigenvalue weighted by atomic mass is 16.5. The minimum atomic E-state index is -0.389. The van der Waals surface area contributed by atoms with Crippen LogP contribution in [0.1, 0.15) is 90.2 Å². The maximum atomic E-state index is 11.8. The fourth-order valence-corrected chi connectivity index (χ4v) is 3.76. The third-order valence-electron chi connectivity index (χ3n) is 5.71. The standard InChI is InChI=1S/C24H41NO2/c1-6-10-12-19(8-3)16-21-14-15-23(25-24(26)27-5)22(18-21)17-20(9-4)13-11-7-2/h14-15,18-20H,6-13,16-17H2,1-5H3,(H,25,26). The van der Waals surface area contributed by atoms with Crippen molar-refractivity contribution in [1.29, 1.82) is 0 Å². The lowest BCUT2D eigenvalue weighted by molar-refractivity contribution is 0.187. The Labute approximate surface area is 167 Å². The summed E-state index contributed by atoms with van der Waals surface area (Å²) in [7, 11) is 1.42. The summed E-state index contributed by atoms with van der Waals surface area (Å²) < 4.78 is 4.81. The third-order valence-corrected chi connectivity index (χ3v) is 5.71. The normalized spacial score (nSPS) is 13.2. The smallest absolute Gasteiger partial charge is 0.411 e. The molecule has 2 unspecified atom stereocenters. The monoisotopic (exact) mass is 375 g/mol. The van der Waals surface area contributed by atoms with Gasteiger partial charge in [0.2, 0.25) is 0 Å². The van der Waals surface area contributed by atoms with E-state index in [1.54, 1.807) is 0 Å². The van der Waals surface area contributed by atoms with Crippen LogP contribution in [0.5, 0.6) is 0 Å². The lowest BCUT2D eigenvalue weighted by Gasteiger charge is -2.20. The summed E-state index contributed by atoms with van der Waals surface area (Å²) >= 11 is 0. The van der Waals surface area contributed by atoms with Crippen molar-refractivity contribution in [2.24, 2.45) is 11.8 Å². The van der Waals surface area contributed by atoms with Crippen LogP contribution in [-0.2, 0) is 17.6 Å². The molecule has 0 heterocycles. The molecule has 0 spiro atoms. The molecule has 1 aromatic rings. The highest BCUT2D eigenvalue weighted by molar-refractivity contribution is 5.85. The second-order valence-corrected chi connectivity index (χ2v) is 7.85. The van der Waals surface area contributed by atoms with Crippen LogP contribution in [0.4, 0.5) is 10.5 Å². The highest BCUT2D eigenvalue weighted by Gasteiger charge is 2.15. The SMILES string of the molecule is CCCCC(CC)Cc1ccc(NC(=O)OC)c(CC(CC)CCCC)c1. The third kappa shape index (κ3) is 8.81. The lowest BCUT2D eigenvalue weighted by Crippen LogP contribution is -2.14. The zero-order chi connectivity index (χ0) is 20.1. The molecule has 0 saturated carbocycles. The number of hydrogen-bond acceptors (Lipinski definition) is 2. The Balaban J connectivity index is 2.99. The minimum absolute atomic E-state index is 0.389. The van der Waals surface area contributed by atoms with Crippen LogP contribution in [0, 0.1) is 11.8 Å². The van der Waals surface area contributed by atoms with E-state index in [0.29, 0.717) is 5.92 Å². The molecule has 27 heavy (non-hydrogen) atoms. The van der Waals surface area contributed by atoms with Gasteiger partial charge in [-0.15, -0.1) is 0 Å². The summed E-state index contributed by atoms with van der Waals surface area (Å²) in [6.07, 6.45) is 11.8. The zero-order valence-corrected chi connectivity index (χ0v) is 18.3. The molecule has 0 aliphatic carbocycles. The topological polar surface area (TPSA) is 38.3 Å². The van der Waals surface area contributed by atoms with Gasteiger partial charge in [0, 0.05) is 5.69 Å². The Hall–Kier alpha value is -1.51. The Morgan fingerprint density at radius 2 is 1.56 bits per heavy atom. The number of carbonyl (C=O) groups is 1. The average molecular weight is 376 g/mol. The number of benzene rings is 1. The Morgan fingerprint density at radius 1 is 0.963 bits per heavy atom. The largest absolute Gasteiger partial charge is 0.453 e. The second-order valence-electron chi connectivity index (χ2n) is 7.85. The Morgan fingerprint density at radius 3 is 2.07 bits per heavy atom. The fraction of sp³-hybridized carbons (Fsp3) is 0.708. The van der Waals surface area contributed by atoms with E-state index < -0.39 is 0 Å². The molecule has 0 fully saturated rings. The maximum Gasteiger partial charge on any atom is 0.411 e. The lowest BCUT2D eigenvalue weighted by atomic mass is 9.88. The molecular formula is C24H41NO2. The molecule has 0 aliphatic heterocycles. The zero-order valence-electron chi connectivity index (χ0n) is 18.3. The molecule has 1 N–H and O–H groups in total. The number of hydrogen-bond donors (Lipinski definition) is 1. The van der Waals surface area contributed by atoms with Crippen molar-refractivity contribution in [3.8, 4) is 0 Å². The first-order valence-corrected chi connectivity index (χ1v) is 11.0. The predicted octanol–water partition coefficient (Wildman–Crippen LogP) is 7.38. The molecule has 0 aliphatic rings. The molecule has 0 aromatic heterocycles. The van der Waals surface area contributed by atoms with E-state index in [1.165, 1.54) is 69.6 Å². The van der Waals surface area contributed by atoms with Crippen molar-refractivity contribution in [2.75, 3.05) is 12.4 Å². The number of rotatable bonds is 13. The Bertz CT molecular complexity index is 541. The molecule has 1 amide bonds. The maximum absolute atomic E-state index is 11.8. The van der Waals surface area contributed by atoms with Gasteiger partial charge in [-0.05, 0) is 41.9 Å². The van der Waals surface area contributed by atoms with Gasteiger partial charge in [0.1, 0.15) is 0 Å². The van der Waals surface area contributed by atoms with Crippen molar-refractivity contribution in [3.05, 3.63) is 29.3 Å². The van der Waals surface area contributed by atoms with Crippen molar-refractivity contribution < 1.29 is 9.53 Å². The minimum Gasteiger partial charge on any atom is -0.453 e. The highest BCUT2D eigenvalue weighted by Crippen LogP contribution is 2.27. The Kier molecular flexibility index (Phi) is 11.9. The van der Waals surface area contributed by atoms with Gasteiger partial charge in [0.25, 0.3) is 0 Å². The molecule has 1 rings (SSSR count). The van der Waals surface area contributed by atoms with Crippen molar-refractivity contribution >= 4 is 11.8 Å². The van der Waals surface area contributed by atoms with Gasteiger partial charge in [-0.2, -0.15) is 0 Å². The molecular weight excluding hydrogens is 334 g/mol. The van der Waals surface area contributed by atoms with Crippen molar-refractivity contribution in [1.82, 2.24) is 0 Å². The summed E-state index contributed by atoms with van der Waals surface area (Å²) in [5, 5.41) is 2.91. The van der Waals surface area contributed by atoms with Gasteiger partial charge < -0.3 is 4.74 Å². The first-order chi connectivity index (χ1) is 13.1. The van der Waals surface area contributed by atoms with Crippen molar-refractivity contribution in [3.63, 3.8) is 0 Å². The van der Waals surface area contributed by atoms with E-state index >= 15 is 0 Å². The molecule has 1 aromatic carbocycles. The summed E-state index contributed by atoms with van der Waals surface area (Å²) in [5.74, 6) is 1.42. The second kappa shape index (κ2) is 13.6. The van der Waals surface area contributed by atoms with E-state index in [4.69, 9.17) is 4.74 Å². The van der Waals surface area contributed by atoms with Gasteiger partial charge in [-0.25, -0.2) is 4.79 Å². The number of ether oxygens (including phenoxy) is 1. The molecule has 3 heteroatoms. The van der Waals surface area contributed by atoms with Crippen LogP contribution in [0.3, 0.4) is 0 Å². The molecule has 0 bridgehead atoms. The molecule has 0 radical (unpaired) electrons. The van der Waals surface area contributed by atoms with E-state index in [-0.39, 0.29) is 6.09 Å². The summed E-state index contributed by atoms with van der Waals surface area (Å²) in [5.41, 5.74) is 3.56. The molecule has 154 valence electrons. The van der Waals surface area contributed by atoms with E-state index in [2.05, 4.69) is 51.2 Å². The van der Waals surface area contributed by atoms with E-state index in [9.17, 15) is 4.79 Å². The van der Waals surface area contributed by atoms with Gasteiger partial charge in [0.15, 0.2) is 0 Å². The number of carbonyl (C=O) groups excluding carboxylic acids is 1. The molecule has 2 atom stereocenters. The van der Waals surface area contributed by atoms with Crippen LogP contribution in [0.2, 0.25) is 0 Å². The van der Waals surface area contributed by atoms with Crippen LogP contribution in [0.25, 0.3) is 0 Å². The first-order valence-electron chi connectivity index (χ1n) is 11.0. The van der Waals surface area contributed by atoms with Crippen LogP contribution >= 0.6 is 0 Å². The predicted molar refractivity (Wildman–Crippen MR) is 116 cm³/mol. The number of nitrogens with one attached hydrogen (secondary N) is 1. The molecule has 0 saturated heterocycles. The number of anilines is 1. The fourth-order valence-electron chi connectivity index (χ4n) is 3.76. The number of amides is 1. The van der Waals surface area contributed by atoms with E-state index in [0.717, 1.165) is 24.4 Å². The van der Waals surface area contributed by atoms with Crippen LogP contribution in [0.15, 0.2) is 18.2 Å². The average Bonchev–Trinajstić information content (AvgIpc) is 2.69. The summed E-state index contributed by atoms with van der Waals surface area (Å²) in [6, 6.07) is 6.57. The van der Waals surface area contributed by atoms with E-state index in [1.807, 2.05) is 0 Å². The molecule has 3 nitrogen and oxygen atoms in total.